The molecule has 0 aliphatic heterocycles. The molecule has 0 radical (unpaired) electrons. The lowest BCUT2D eigenvalue weighted by Crippen LogP contribution is -2.44. The molecule has 0 aliphatic rings. The Bertz CT molecular complexity index is 429. The highest BCUT2D eigenvalue weighted by molar-refractivity contribution is 6.33. The van der Waals surface area contributed by atoms with Gasteiger partial charge < -0.3 is 10.6 Å². The summed E-state index contributed by atoms with van der Waals surface area (Å²) >= 11 is 5.83. The Morgan fingerprint density at radius 2 is 2.06 bits per heavy atom. The van der Waals surface area contributed by atoms with Gasteiger partial charge in [-0.05, 0) is 38.5 Å². The first kappa shape index (κ1) is 13.8. The van der Waals surface area contributed by atoms with Gasteiger partial charge in [0.1, 0.15) is 0 Å². The second-order valence-electron chi connectivity index (χ2n) is 4.77. The Labute approximate surface area is 108 Å². The number of anilines is 1. The van der Waals surface area contributed by atoms with Crippen LogP contribution >= 0.6 is 11.6 Å². The van der Waals surface area contributed by atoms with Crippen molar-refractivity contribution in [3.63, 3.8) is 0 Å². The summed E-state index contributed by atoms with van der Waals surface area (Å²) in [5, 5.41) is 0.471. The van der Waals surface area contributed by atoms with E-state index >= 15 is 0 Å². The summed E-state index contributed by atoms with van der Waals surface area (Å²) in [6.45, 7) is 6.12. The Kier molecular flexibility index (Phi) is 4.04. The fraction of sp³-hybridized carbons (Fsp3) is 0.462. The van der Waals surface area contributed by atoms with Crippen LogP contribution in [0.25, 0.3) is 0 Å². The highest BCUT2D eigenvalue weighted by Crippen LogP contribution is 2.23. The van der Waals surface area contributed by atoms with E-state index in [0.717, 1.165) is 6.42 Å². The van der Waals surface area contributed by atoms with E-state index in [1.54, 1.807) is 30.1 Å². The molecule has 0 spiro atoms. The van der Waals surface area contributed by atoms with Gasteiger partial charge in [-0.15, -0.1) is 0 Å². The SMILES string of the molecule is CCC(C)(C)N(C)C(=O)c1ccc(Cl)c(N)c1. The molecule has 0 heterocycles. The van der Waals surface area contributed by atoms with E-state index in [1.165, 1.54) is 0 Å². The van der Waals surface area contributed by atoms with Gasteiger partial charge in [0.2, 0.25) is 0 Å². The lowest BCUT2D eigenvalue weighted by atomic mass is 9.99. The topological polar surface area (TPSA) is 46.3 Å². The van der Waals surface area contributed by atoms with Crippen molar-refractivity contribution in [3.8, 4) is 0 Å². The fourth-order valence-electron chi connectivity index (χ4n) is 1.38. The van der Waals surface area contributed by atoms with Gasteiger partial charge in [-0.3, -0.25) is 4.79 Å². The average molecular weight is 255 g/mol. The average Bonchev–Trinajstić information content (AvgIpc) is 2.30. The van der Waals surface area contributed by atoms with E-state index in [1.807, 2.05) is 13.8 Å². The minimum atomic E-state index is -0.175. The largest absolute Gasteiger partial charge is 0.398 e. The van der Waals surface area contributed by atoms with Crippen molar-refractivity contribution in [3.05, 3.63) is 28.8 Å². The first-order valence-electron chi connectivity index (χ1n) is 5.62. The van der Waals surface area contributed by atoms with Crippen LogP contribution in [0.5, 0.6) is 0 Å². The van der Waals surface area contributed by atoms with E-state index in [0.29, 0.717) is 16.3 Å². The summed E-state index contributed by atoms with van der Waals surface area (Å²) in [5.41, 5.74) is 6.52. The predicted molar refractivity (Wildman–Crippen MR) is 72.3 cm³/mol. The molecule has 2 N–H and O–H groups in total. The van der Waals surface area contributed by atoms with Gasteiger partial charge in [0.15, 0.2) is 0 Å². The molecular weight excluding hydrogens is 236 g/mol. The molecule has 94 valence electrons. The maximum Gasteiger partial charge on any atom is 0.254 e. The first-order chi connectivity index (χ1) is 7.79. The number of carbonyl (C=O) groups is 1. The van der Waals surface area contributed by atoms with Crippen LogP contribution in [0.2, 0.25) is 5.02 Å². The molecule has 17 heavy (non-hydrogen) atoms. The maximum atomic E-state index is 12.2. The van der Waals surface area contributed by atoms with E-state index in [2.05, 4.69) is 6.92 Å². The zero-order valence-corrected chi connectivity index (χ0v) is 11.5. The second kappa shape index (κ2) is 4.96. The third-order valence-corrected chi connectivity index (χ3v) is 3.67. The second-order valence-corrected chi connectivity index (χ2v) is 5.17. The normalized spacial score (nSPS) is 11.4. The van der Waals surface area contributed by atoms with Crippen LogP contribution in [0.15, 0.2) is 18.2 Å². The molecule has 0 aromatic heterocycles. The van der Waals surface area contributed by atoms with Crippen LogP contribution < -0.4 is 5.73 Å². The van der Waals surface area contributed by atoms with E-state index in [-0.39, 0.29) is 11.4 Å². The number of rotatable bonds is 3. The molecule has 0 bridgehead atoms. The molecule has 0 saturated heterocycles. The van der Waals surface area contributed by atoms with Crippen molar-refractivity contribution >= 4 is 23.2 Å². The van der Waals surface area contributed by atoms with Crippen molar-refractivity contribution in [1.82, 2.24) is 4.90 Å². The maximum absolute atomic E-state index is 12.2. The lowest BCUT2D eigenvalue weighted by molar-refractivity contribution is 0.0620. The molecule has 1 aromatic carbocycles. The molecule has 0 atom stereocenters. The number of carbonyl (C=O) groups excluding carboxylic acids is 1. The van der Waals surface area contributed by atoms with Crippen LogP contribution in [0, 0.1) is 0 Å². The minimum absolute atomic E-state index is 0.0415. The molecular formula is C13H19ClN2O. The van der Waals surface area contributed by atoms with Gasteiger partial charge in [-0.1, -0.05) is 18.5 Å². The summed E-state index contributed by atoms with van der Waals surface area (Å²) in [6.07, 6.45) is 0.887. The van der Waals surface area contributed by atoms with E-state index in [4.69, 9.17) is 17.3 Å². The van der Waals surface area contributed by atoms with Gasteiger partial charge in [-0.2, -0.15) is 0 Å². The zero-order chi connectivity index (χ0) is 13.2. The van der Waals surface area contributed by atoms with E-state index in [9.17, 15) is 4.79 Å². The van der Waals surface area contributed by atoms with Crippen molar-refractivity contribution in [2.45, 2.75) is 32.7 Å². The zero-order valence-electron chi connectivity index (χ0n) is 10.7. The summed E-state index contributed by atoms with van der Waals surface area (Å²) in [7, 11) is 1.80. The number of hydrogen-bond acceptors (Lipinski definition) is 2. The molecule has 0 fully saturated rings. The first-order valence-corrected chi connectivity index (χ1v) is 6.00. The van der Waals surface area contributed by atoms with Gasteiger partial charge in [-0.25, -0.2) is 0 Å². The van der Waals surface area contributed by atoms with Crippen molar-refractivity contribution < 1.29 is 4.79 Å². The Morgan fingerprint density at radius 3 is 2.53 bits per heavy atom. The van der Waals surface area contributed by atoms with Gasteiger partial charge in [0, 0.05) is 18.2 Å². The Morgan fingerprint density at radius 1 is 1.47 bits per heavy atom. The van der Waals surface area contributed by atoms with Gasteiger partial charge in [0.25, 0.3) is 5.91 Å². The molecule has 1 amide bonds. The predicted octanol–water partition coefficient (Wildman–Crippen LogP) is 3.18. The number of nitrogens with two attached hydrogens (primary N) is 1. The van der Waals surface area contributed by atoms with Crippen LogP contribution in [-0.4, -0.2) is 23.4 Å². The van der Waals surface area contributed by atoms with Gasteiger partial charge in [0.05, 0.1) is 10.7 Å². The number of hydrogen-bond donors (Lipinski definition) is 1. The summed E-state index contributed by atoms with van der Waals surface area (Å²) in [5.74, 6) is -0.0415. The van der Waals surface area contributed by atoms with Crippen molar-refractivity contribution in [2.24, 2.45) is 0 Å². The molecule has 3 nitrogen and oxygen atoms in total. The number of benzene rings is 1. The standard InChI is InChI=1S/C13H19ClN2O/c1-5-13(2,3)16(4)12(17)9-6-7-10(14)11(15)8-9/h6-8H,5,15H2,1-4H3. The smallest absolute Gasteiger partial charge is 0.254 e. The molecule has 1 rings (SSSR count). The third kappa shape index (κ3) is 2.91. The number of amides is 1. The molecule has 0 unspecified atom stereocenters. The summed E-state index contributed by atoms with van der Waals surface area (Å²) in [4.78, 5) is 14.0. The summed E-state index contributed by atoms with van der Waals surface area (Å²) < 4.78 is 0. The molecule has 0 aliphatic carbocycles. The number of nitrogen functional groups attached to an aromatic ring is 1. The van der Waals surface area contributed by atoms with Crippen LogP contribution in [-0.2, 0) is 0 Å². The van der Waals surface area contributed by atoms with Crippen LogP contribution in [0.4, 0.5) is 5.69 Å². The van der Waals surface area contributed by atoms with Gasteiger partial charge >= 0.3 is 0 Å². The monoisotopic (exact) mass is 254 g/mol. The number of nitrogens with zero attached hydrogens (tertiary/aromatic N) is 1. The summed E-state index contributed by atoms with van der Waals surface area (Å²) in [6, 6.07) is 4.97. The Hall–Kier alpha value is -1.22. The van der Waals surface area contributed by atoms with E-state index < -0.39 is 0 Å². The lowest BCUT2D eigenvalue weighted by Gasteiger charge is -2.35. The van der Waals surface area contributed by atoms with Crippen LogP contribution in [0.3, 0.4) is 0 Å². The highest BCUT2D eigenvalue weighted by atomic mass is 35.5. The highest BCUT2D eigenvalue weighted by Gasteiger charge is 2.26. The van der Waals surface area contributed by atoms with Crippen molar-refractivity contribution in [1.29, 1.82) is 0 Å². The number of halogens is 1. The fourth-order valence-corrected chi connectivity index (χ4v) is 1.50. The van der Waals surface area contributed by atoms with Crippen LogP contribution in [0.1, 0.15) is 37.6 Å². The van der Waals surface area contributed by atoms with Crippen molar-refractivity contribution in [2.75, 3.05) is 12.8 Å². The third-order valence-electron chi connectivity index (χ3n) is 3.32. The Balaban J connectivity index is 3.01. The quantitative estimate of drug-likeness (QED) is 0.842. The molecule has 4 heteroatoms. The minimum Gasteiger partial charge on any atom is -0.398 e. The molecule has 1 aromatic rings. The molecule has 0 saturated carbocycles.